The Labute approximate surface area is 41.8 Å². The highest BCUT2D eigenvalue weighted by molar-refractivity contribution is 6.45. The Hall–Kier alpha value is -0.223. The summed E-state index contributed by atoms with van der Waals surface area (Å²) in [6.45, 7) is 4.10. The third-order valence-electron chi connectivity index (χ3n) is 0.552. The molecule has 0 heterocycles. The Morgan fingerprint density at radius 2 is 2.33 bits per heavy atom. The molecule has 0 N–H and O–H groups in total. The van der Waals surface area contributed by atoms with Crippen molar-refractivity contribution in [3.05, 3.63) is 0 Å². The molecular weight excluding hydrogens is 88.1 g/mol. The standard InChI is InChI=1S/C5H10Si/c1-3-5-6-4-2/h4,6H2,1-2H3. The van der Waals surface area contributed by atoms with Gasteiger partial charge in [-0.3, -0.25) is 0 Å². The van der Waals surface area contributed by atoms with Crippen LogP contribution in [0.5, 0.6) is 0 Å². The predicted molar refractivity (Wildman–Crippen MR) is 32.5 cm³/mol. The smallest absolute Gasteiger partial charge is 0.106 e. The fourth-order valence-electron chi connectivity index (χ4n) is 0.250. The molecule has 0 fully saturated rings. The van der Waals surface area contributed by atoms with E-state index in [2.05, 4.69) is 18.4 Å². The second kappa shape index (κ2) is 4.78. The zero-order valence-electron chi connectivity index (χ0n) is 4.41. The van der Waals surface area contributed by atoms with E-state index in [1.807, 2.05) is 6.92 Å². The molecule has 0 rings (SSSR count). The molecule has 0 nitrogen and oxygen atoms in total. The monoisotopic (exact) mass is 98.1 g/mol. The maximum absolute atomic E-state index is 3.09. The third-order valence-corrected chi connectivity index (χ3v) is 1.66. The van der Waals surface area contributed by atoms with Gasteiger partial charge in [0.05, 0.1) is 0 Å². The van der Waals surface area contributed by atoms with Crippen LogP contribution in [-0.2, 0) is 0 Å². The number of hydrogen-bond donors (Lipinski definition) is 0. The van der Waals surface area contributed by atoms with Gasteiger partial charge in [-0.05, 0) is 6.92 Å². The predicted octanol–water partition coefficient (Wildman–Crippen LogP) is 0.574. The molecule has 0 unspecified atom stereocenters. The first-order chi connectivity index (χ1) is 2.91. The Balaban J connectivity index is 2.79. The number of rotatable bonds is 1. The molecule has 34 valence electrons. The van der Waals surface area contributed by atoms with Gasteiger partial charge in [0, 0.05) is 0 Å². The molecule has 0 aromatic carbocycles. The molecule has 0 spiro atoms. The molecule has 0 aromatic heterocycles. The average molecular weight is 98.2 g/mol. The molecule has 0 atom stereocenters. The van der Waals surface area contributed by atoms with Crippen LogP contribution in [0.2, 0.25) is 6.04 Å². The van der Waals surface area contributed by atoms with E-state index in [4.69, 9.17) is 0 Å². The lowest BCUT2D eigenvalue weighted by atomic mass is 10.8. The Bertz CT molecular complexity index is 65.7. The summed E-state index contributed by atoms with van der Waals surface area (Å²) in [6, 6.07) is 1.32. The molecule has 0 amide bonds. The van der Waals surface area contributed by atoms with E-state index in [9.17, 15) is 0 Å². The highest BCUT2D eigenvalue weighted by Gasteiger charge is 1.66. The largest absolute Gasteiger partial charge is 0.140 e. The normalized spacial score (nSPS) is 8.33. The highest BCUT2D eigenvalue weighted by atomic mass is 28.2. The minimum absolute atomic E-state index is 0.0606. The van der Waals surface area contributed by atoms with E-state index in [1.165, 1.54) is 6.04 Å². The van der Waals surface area contributed by atoms with E-state index in [0.717, 1.165) is 0 Å². The minimum Gasteiger partial charge on any atom is -0.140 e. The summed E-state index contributed by atoms with van der Waals surface area (Å²) in [4.78, 5) is 0. The molecule has 0 aromatic rings. The lowest BCUT2D eigenvalue weighted by molar-refractivity contribution is 1.47. The van der Waals surface area contributed by atoms with Crippen molar-refractivity contribution in [1.29, 1.82) is 0 Å². The van der Waals surface area contributed by atoms with Gasteiger partial charge in [0.2, 0.25) is 0 Å². The average Bonchev–Trinajstić information content (AvgIpc) is 1.61. The zero-order chi connectivity index (χ0) is 4.83. The van der Waals surface area contributed by atoms with E-state index in [-0.39, 0.29) is 9.52 Å². The maximum atomic E-state index is 3.09. The van der Waals surface area contributed by atoms with Gasteiger partial charge in [0.15, 0.2) is 0 Å². The Morgan fingerprint density at radius 1 is 1.67 bits per heavy atom. The van der Waals surface area contributed by atoms with Gasteiger partial charge in [-0.25, -0.2) is 0 Å². The van der Waals surface area contributed by atoms with Crippen molar-refractivity contribution in [3.63, 3.8) is 0 Å². The molecule has 0 bridgehead atoms. The zero-order valence-corrected chi connectivity index (χ0v) is 5.83. The van der Waals surface area contributed by atoms with Crippen molar-refractivity contribution in [3.8, 4) is 11.5 Å². The fourth-order valence-corrected chi connectivity index (χ4v) is 0.750. The highest BCUT2D eigenvalue weighted by Crippen LogP contribution is 1.66. The van der Waals surface area contributed by atoms with Crippen LogP contribution in [0.15, 0.2) is 0 Å². The van der Waals surface area contributed by atoms with Gasteiger partial charge in [0.25, 0.3) is 0 Å². The van der Waals surface area contributed by atoms with Crippen molar-refractivity contribution >= 4 is 9.52 Å². The van der Waals surface area contributed by atoms with Crippen molar-refractivity contribution in [2.45, 2.75) is 19.9 Å². The van der Waals surface area contributed by atoms with E-state index in [0.29, 0.717) is 0 Å². The van der Waals surface area contributed by atoms with Crippen LogP contribution in [0.1, 0.15) is 13.8 Å². The van der Waals surface area contributed by atoms with Crippen LogP contribution in [-0.4, -0.2) is 9.52 Å². The van der Waals surface area contributed by atoms with Gasteiger partial charge in [0.1, 0.15) is 9.52 Å². The van der Waals surface area contributed by atoms with Gasteiger partial charge in [-0.15, -0.1) is 11.5 Å². The molecule has 1 heteroatoms. The van der Waals surface area contributed by atoms with Crippen molar-refractivity contribution in [1.82, 2.24) is 0 Å². The summed E-state index contributed by atoms with van der Waals surface area (Å²) in [5.74, 6) is 2.88. The molecule has 0 aliphatic carbocycles. The first-order valence-corrected chi connectivity index (χ1v) is 4.02. The Morgan fingerprint density at radius 3 is 2.50 bits per heavy atom. The quantitative estimate of drug-likeness (QED) is 0.332. The van der Waals surface area contributed by atoms with Crippen LogP contribution >= 0.6 is 0 Å². The molecule has 0 radical (unpaired) electrons. The van der Waals surface area contributed by atoms with E-state index >= 15 is 0 Å². The molecule has 0 saturated heterocycles. The van der Waals surface area contributed by atoms with Crippen LogP contribution < -0.4 is 0 Å². The summed E-state index contributed by atoms with van der Waals surface area (Å²) in [6.07, 6.45) is 0. The van der Waals surface area contributed by atoms with Crippen molar-refractivity contribution < 1.29 is 0 Å². The first-order valence-electron chi connectivity index (χ1n) is 2.31. The topological polar surface area (TPSA) is 0 Å². The maximum Gasteiger partial charge on any atom is 0.106 e. The van der Waals surface area contributed by atoms with Gasteiger partial charge in [-0.2, -0.15) is 0 Å². The SMILES string of the molecule is CC#C[SiH2]CC. The van der Waals surface area contributed by atoms with Crippen LogP contribution in [0.4, 0.5) is 0 Å². The van der Waals surface area contributed by atoms with Crippen molar-refractivity contribution in [2.24, 2.45) is 0 Å². The minimum atomic E-state index is 0.0606. The Kier molecular flexibility index (Phi) is 4.60. The van der Waals surface area contributed by atoms with E-state index in [1.54, 1.807) is 0 Å². The van der Waals surface area contributed by atoms with Crippen LogP contribution in [0.3, 0.4) is 0 Å². The molecule has 0 saturated carbocycles. The summed E-state index contributed by atoms with van der Waals surface area (Å²) in [5, 5.41) is 0. The van der Waals surface area contributed by atoms with Crippen LogP contribution in [0, 0.1) is 11.5 Å². The second-order valence-corrected chi connectivity index (χ2v) is 3.03. The van der Waals surface area contributed by atoms with Gasteiger partial charge >= 0.3 is 0 Å². The second-order valence-electron chi connectivity index (χ2n) is 1.18. The first kappa shape index (κ1) is 5.78. The lowest BCUT2D eigenvalue weighted by Gasteiger charge is -1.69. The molecular formula is C5H10Si. The summed E-state index contributed by atoms with van der Waals surface area (Å²) in [5.41, 5.74) is 3.09. The van der Waals surface area contributed by atoms with E-state index < -0.39 is 0 Å². The van der Waals surface area contributed by atoms with Gasteiger partial charge in [-0.1, -0.05) is 13.0 Å². The fraction of sp³-hybridized carbons (Fsp3) is 0.600. The molecule has 0 aliphatic rings. The van der Waals surface area contributed by atoms with Crippen LogP contribution in [0.25, 0.3) is 0 Å². The molecule has 6 heavy (non-hydrogen) atoms. The lowest BCUT2D eigenvalue weighted by Crippen LogP contribution is -1.75. The summed E-state index contributed by atoms with van der Waals surface area (Å²) in [7, 11) is 0.0606. The number of hydrogen-bond acceptors (Lipinski definition) is 0. The summed E-state index contributed by atoms with van der Waals surface area (Å²) < 4.78 is 0. The molecule has 0 aliphatic heterocycles. The summed E-state index contributed by atoms with van der Waals surface area (Å²) >= 11 is 0. The van der Waals surface area contributed by atoms with Gasteiger partial charge < -0.3 is 0 Å². The third kappa shape index (κ3) is 3.78. The van der Waals surface area contributed by atoms with Crippen molar-refractivity contribution in [2.75, 3.05) is 0 Å².